The number of hydrogen-bond acceptors (Lipinski definition) is 2. The van der Waals surface area contributed by atoms with Crippen molar-refractivity contribution < 1.29 is 9.47 Å². The summed E-state index contributed by atoms with van der Waals surface area (Å²) >= 11 is 0. The first-order valence-electron chi connectivity index (χ1n) is 12.1. The molecular formula is C25H44O2. The van der Waals surface area contributed by atoms with E-state index in [4.69, 9.17) is 9.47 Å². The largest absolute Gasteiger partial charge is 0.381 e. The Morgan fingerprint density at radius 2 is 1.70 bits per heavy atom. The molecule has 4 fully saturated rings. The molecule has 4 aliphatic rings. The van der Waals surface area contributed by atoms with Crippen LogP contribution in [-0.4, -0.2) is 26.4 Å². The van der Waals surface area contributed by atoms with Crippen LogP contribution in [0.1, 0.15) is 91.4 Å². The highest BCUT2D eigenvalue weighted by Gasteiger charge is 2.61. The fourth-order valence-corrected chi connectivity index (χ4v) is 8.44. The molecule has 27 heavy (non-hydrogen) atoms. The molecule has 0 radical (unpaired) electrons. The lowest BCUT2D eigenvalue weighted by Crippen LogP contribution is -2.57. The van der Waals surface area contributed by atoms with E-state index >= 15 is 0 Å². The van der Waals surface area contributed by atoms with Gasteiger partial charge in [0.05, 0.1) is 6.10 Å². The summed E-state index contributed by atoms with van der Waals surface area (Å²) in [7, 11) is 1.99. The second-order valence-electron chi connectivity index (χ2n) is 11.0. The summed E-state index contributed by atoms with van der Waals surface area (Å²) in [5, 5.41) is 0. The van der Waals surface area contributed by atoms with Crippen molar-refractivity contribution in [1.29, 1.82) is 0 Å². The van der Waals surface area contributed by atoms with Gasteiger partial charge >= 0.3 is 0 Å². The van der Waals surface area contributed by atoms with Crippen LogP contribution in [0.15, 0.2) is 0 Å². The van der Waals surface area contributed by atoms with Gasteiger partial charge in [-0.05, 0) is 91.8 Å². The standard InChI is InChI=1S/C25H44O2/c1-5-6-15-27-17-18-10-11-20-19-16-23(26-4)22-9-7-8-13-25(22,3)21(19)12-14-24(18,20)2/h18-23H,5-17H2,1-4H3/t18-,19+,20+,21+,22-,23-,24-,25-/m1/s1. The van der Waals surface area contributed by atoms with Crippen LogP contribution < -0.4 is 0 Å². The predicted octanol–water partition coefficient (Wildman–Crippen LogP) is 6.48. The van der Waals surface area contributed by atoms with Gasteiger partial charge in [0, 0.05) is 20.3 Å². The highest BCUT2D eigenvalue weighted by atomic mass is 16.5. The quantitative estimate of drug-likeness (QED) is 0.494. The van der Waals surface area contributed by atoms with Crippen molar-refractivity contribution in [2.45, 2.75) is 97.5 Å². The SMILES string of the molecule is CCCCOC[C@H]1CC[C@H]2[C@@H]3C[C@@H](OC)[C@H]4CCCC[C@]4(C)[C@H]3CC[C@]12C. The van der Waals surface area contributed by atoms with E-state index in [1.807, 2.05) is 7.11 Å². The fraction of sp³-hybridized carbons (Fsp3) is 1.00. The Balaban J connectivity index is 1.51. The van der Waals surface area contributed by atoms with E-state index in [2.05, 4.69) is 20.8 Å². The summed E-state index contributed by atoms with van der Waals surface area (Å²) in [6.07, 6.45) is 15.8. The highest BCUT2D eigenvalue weighted by Crippen LogP contribution is 2.67. The molecule has 0 aromatic heterocycles. The summed E-state index contributed by atoms with van der Waals surface area (Å²) < 4.78 is 12.3. The first-order valence-corrected chi connectivity index (χ1v) is 12.1. The van der Waals surface area contributed by atoms with Gasteiger partial charge in [0.2, 0.25) is 0 Å². The van der Waals surface area contributed by atoms with Crippen molar-refractivity contribution in [3.05, 3.63) is 0 Å². The van der Waals surface area contributed by atoms with Gasteiger partial charge in [-0.15, -0.1) is 0 Å². The van der Waals surface area contributed by atoms with Crippen LogP contribution in [0.3, 0.4) is 0 Å². The second-order valence-corrected chi connectivity index (χ2v) is 11.0. The number of unbranched alkanes of at least 4 members (excludes halogenated alkanes) is 1. The molecule has 0 aromatic carbocycles. The zero-order chi connectivity index (χ0) is 19.1. The Bertz CT molecular complexity index is 505. The van der Waals surface area contributed by atoms with Gasteiger partial charge < -0.3 is 9.47 Å². The molecule has 2 nitrogen and oxygen atoms in total. The van der Waals surface area contributed by atoms with E-state index in [0.717, 1.165) is 42.8 Å². The first-order chi connectivity index (χ1) is 13.0. The minimum absolute atomic E-state index is 0.513. The molecule has 0 saturated heterocycles. The minimum Gasteiger partial charge on any atom is -0.381 e. The smallest absolute Gasteiger partial charge is 0.0607 e. The second kappa shape index (κ2) is 7.98. The normalized spacial score (nSPS) is 49.3. The molecule has 0 amide bonds. The molecule has 0 unspecified atom stereocenters. The van der Waals surface area contributed by atoms with Gasteiger partial charge in [-0.2, -0.15) is 0 Å². The Labute approximate surface area is 168 Å². The van der Waals surface area contributed by atoms with Crippen LogP contribution in [0.4, 0.5) is 0 Å². The lowest BCUT2D eigenvalue weighted by Gasteiger charge is -2.62. The molecule has 0 N–H and O–H groups in total. The Kier molecular flexibility index (Phi) is 5.97. The molecule has 4 saturated carbocycles. The van der Waals surface area contributed by atoms with Crippen LogP contribution in [0.25, 0.3) is 0 Å². The number of hydrogen-bond donors (Lipinski definition) is 0. The fourth-order valence-electron chi connectivity index (χ4n) is 8.44. The zero-order valence-corrected chi connectivity index (χ0v) is 18.5. The number of fused-ring (bicyclic) bond motifs is 5. The van der Waals surface area contributed by atoms with E-state index in [1.54, 1.807) is 0 Å². The monoisotopic (exact) mass is 376 g/mol. The average Bonchev–Trinajstić information content (AvgIpc) is 3.00. The van der Waals surface area contributed by atoms with Crippen molar-refractivity contribution >= 4 is 0 Å². The van der Waals surface area contributed by atoms with E-state index < -0.39 is 0 Å². The van der Waals surface area contributed by atoms with E-state index in [9.17, 15) is 0 Å². The van der Waals surface area contributed by atoms with Gasteiger partial charge in [-0.25, -0.2) is 0 Å². The van der Waals surface area contributed by atoms with Crippen molar-refractivity contribution in [2.24, 2.45) is 40.4 Å². The molecule has 156 valence electrons. The van der Waals surface area contributed by atoms with Crippen LogP contribution >= 0.6 is 0 Å². The van der Waals surface area contributed by atoms with Gasteiger partial charge in [0.25, 0.3) is 0 Å². The summed E-state index contributed by atoms with van der Waals surface area (Å²) in [6.45, 7) is 9.52. The van der Waals surface area contributed by atoms with Crippen LogP contribution in [-0.2, 0) is 9.47 Å². The van der Waals surface area contributed by atoms with Gasteiger partial charge in [0.1, 0.15) is 0 Å². The van der Waals surface area contributed by atoms with Crippen molar-refractivity contribution in [1.82, 2.24) is 0 Å². The lowest BCUT2D eigenvalue weighted by molar-refractivity contribution is -0.167. The summed E-state index contributed by atoms with van der Waals surface area (Å²) in [6, 6.07) is 0. The molecule has 0 heterocycles. The van der Waals surface area contributed by atoms with Crippen molar-refractivity contribution in [2.75, 3.05) is 20.3 Å². The predicted molar refractivity (Wildman–Crippen MR) is 112 cm³/mol. The van der Waals surface area contributed by atoms with Crippen LogP contribution in [0, 0.1) is 40.4 Å². The topological polar surface area (TPSA) is 18.5 Å². The van der Waals surface area contributed by atoms with Crippen LogP contribution in [0.5, 0.6) is 0 Å². The molecule has 0 aliphatic heterocycles. The van der Waals surface area contributed by atoms with E-state index in [0.29, 0.717) is 16.9 Å². The lowest BCUT2D eigenvalue weighted by atomic mass is 9.44. The summed E-state index contributed by atoms with van der Waals surface area (Å²) in [4.78, 5) is 0. The molecule has 4 aliphatic carbocycles. The zero-order valence-electron chi connectivity index (χ0n) is 18.5. The van der Waals surface area contributed by atoms with Crippen molar-refractivity contribution in [3.63, 3.8) is 0 Å². The third-order valence-corrected chi connectivity index (χ3v) is 10.0. The first kappa shape index (κ1) is 20.2. The number of rotatable bonds is 6. The third kappa shape index (κ3) is 3.31. The molecule has 4 rings (SSSR count). The van der Waals surface area contributed by atoms with Crippen molar-refractivity contribution in [3.8, 4) is 0 Å². The van der Waals surface area contributed by atoms with E-state index in [1.165, 1.54) is 70.6 Å². The van der Waals surface area contributed by atoms with E-state index in [-0.39, 0.29) is 0 Å². The Morgan fingerprint density at radius 1 is 0.889 bits per heavy atom. The maximum Gasteiger partial charge on any atom is 0.0607 e. The highest BCUT2D eigenvalue weighted by molar-refractivity contribution is 5.10. The van der Waals surface area contributed by atoms with Gasteiger partial charge in [0.15, 0.2) is 0 Å². The third-order valence-electron chi connectivity index (χ3n) is 10.0. The van der Waals surface area contributed by atoms with Gasteiger partial charge in [-0.3, -0.25) is 0 Å². The van der Waals surface area contributed by atoms with Gasteiger partial charge in [-0.1, -0.05) is 40.0 Å². The molecule has 0 bridgehead atoms. The summed E-state index contributed by atoms with van der Waals surface area (Å²) in [5.74, 6) is 4.36. The maximum atomic E-state index is 6.15. The molecular weight excluding hydrogens is 332 g/mol. The molecule has 8 atom stereocenters. The Hall–Kier alpha value is -0.0800. The number of methoxy groups -OCH3 is 1. The number of ether oxygens (including phenoxy) is 2. The summed E-state index contributed by atoms with van der Waals surface area (Å²) in [5.41, 5.74) is 1.06. The Morgan fingerprint density at radius 3 is 2.48 bits per heavy atom. The maximum absolute atomic E-state index is 6.15. The van der Waals surface area contributed by atoms with Crippen LogP contribution in [0.2, 0.25) is 0 Å². The molecule has 2 heteroatoms. The molecule has 0 spiro atoms. The minimum atomic E-state index is 0.513. The molecule has 0 aromatic rings. The average molecular weight is 377 g/mol.